The fraction of sp³-hybridized carbons (Fsp3) is 0.273. The molecule has 1 saturated heterocycles. The van der Waals surface area contributed by atoms with Gasteiger partial charge < -0.3 is 4.90 Å². The van der Waals surface area contributed by atoms with Crippen LogP contribution in [0.2, 0.25) is 5.02 Å². The number of hydrogen-bond donors (Lipinski definition) is 1. The van der Waals surface area contributed by atoms with Gasteiger partial charge in [-0.3, -0.25) is 14.3 Å². The number of nitrogens with one attached hydrogen (secondary N) is 1. The molecule has 2 aromatic rings. The maximum Gasteiger partial charge on any atom is 0.268 e. The third-order valence-corrected chi connectivity index (χ3v) is 6.98. The van der Waals surface area contributed by atoms with E-state index in [0.29, 0.717) is 18.1 Å². The summed E-state index contributed by atoms with van der Waals surface area (Å²) in [6.45, 7) is 1.07. The van der Waals surface area contributed by atoms with Gasteiger partial charge >= 0.3 is 0 Å². The van der Waals surface area contributed by atoms with Crippen molar-refractivity contribution in [1.82, 2.24) is 4.90 Å². The Morgan fingerprint density at radius 1 is 0.833 bits per heavy atom. The average molecular weight is 445 g/mol. The van der Waals surface area contributed by atoms with Gasteiger partial charge in [-0.1, -0.05) is 54.8 Å². The molecule has 0 unspecified atom stereocenters. The van der Waals surface area contributed by atoms with Crippen molar-refractivity contribution < 1.29 is 18.0 Å². The summed E-state index contributed by atoms with van der Waals surface area (Å²) in [4.78, 5) is 28.0. The van der Waals surface area contributed by atoms with Crippen molar-refractivity contribution in [2.75, 3.05) is 17.8 Å². The molecule has 6 nitrogen and oxygen atoms in total. The zero-order valence-corrected chi connectivity index (χ0v) is 17.8. The molecule has 0 spiro atoms. The first-order chi connectivity index (χ1) is 14.4. The number of benzene rings is 2. The van der Waals surface area contributed by atoms with Crippen LogP contribution in [-0.4, -0.2) is 38.0 Å². The number of hydrogen-bond acceptors (Lipinski definition) is 5. The first-order valence-electron chi connectivity index (χ1n) is 9.84. The van der Waals surface area contributed by atoms with Crippen LogP contribution in [0.25, 0.3) is 0 Å². The summed E-state index contributed by atoms with van der Waals surface area (Å²) in [5, 5.41) is 0.355. The van der Waals surface area contributed by atoms with Crippen molar-refractivity contribution in [3.05, 3.63) is 75.3 Å². The standard InChI is InChI=1S/C22H21ClN2O4S/c23-15-8-7-9-16(14-15)24-30(28,29)22-19(25-12-5-1-2-6-13-25)20(26)17-10-3-4-11-18(17)21(22)27/h3-4,7-11,14,24H,1-2,5-6,12-13H2. The van der Waals surface area contributed by atoms with Crippen LogP contribution in [0.3, 0.4) is 0 Å². The van der Waals surface area contributed by atoms with Gasteiger partial charge in [0.15, 0.2) is 4.91 Å². The van der Waals surface area contributed by atoms with Crippen LogP contribution in [0.1, 0.15) is 46.4 Å². The van der Waals surface area contributed by atoms with Gasteiger partial charge in [-0.05, 0) is 31.0 Å². The number of nitrogens with zero attached hydrogens (tertiary/aromatic N) is 1. The molecule has 0 atom stereocenters. The van der Waals surface area contributed by atoms with E-state index < -0.39 is 26.5 Å². The number of Topliss-reactive ketones (excluding diaryl/α,β-unsaturated/α-hetero) is 2. The normalized spacial score (nSPS) is 17.6. The molecular weight excluding hydrogens is 424 g/mol. The lowest BCUT2D eigenvalue weighted by molar-refractivity contribution is 0.0947. The van der Waals surface area contributed by atoms with Crippen LogP contribution < -0.4 is 4.72 Å². The third-order valence-electron chi connectivity index (χ3n) is 5.32. The summed E-state index contributed by atoms with van der Waals surface area (Å²) < 4.78 is 29.1. The number of halogens is 1. The molecule has 2 aromatic carbocycles. The number of anilines is 1. The Morgan fingerprint density at radius 3 is 2.10 bits per heavy atom. The highest BCUT2D eigenvalue weighted by Gasteiger charge is 2.41. The van der Waals surface area contributed by atoms with Crippen LogP contribution in [0.4, 0.5) is 5.69 Å². The molecule has 0 saturated carbocycles. The minimum absolute atomic E-state index is 0.0323. The maximum absolute atomic E-state index is 13.4. The van der Waals surface area contributed by atoms with Crippen LogP contribution >= 0.6 is 11.6 Å². The van der Waals surface area contributed by atoms with E-state index in [1.54, 1.807) is 41.3 Å². The SMILES string of the molecule is O=C1C(N2CCCCCC2)=C(S(=O)(=O)Nc2cccc(Cl)c2)C(=O)c2ccccc21. The van der Waals surface area contributed by atoms with Gasteiger partial charge in [-0.2, -0.15) is 0 Å². The van der Waals surface area contributed by atoms with Gasteiger partial charge in [0.2, 0.25) is 11.6 Å². The summed E-state index contributed by atoms with van der Waals surface area (Å²) in [5.74, 6) is -1.10. The lowest BCUT2D eigenvalue weighted by Crippen LogP contribution is -2.38. The fourth-order valence-electron chi connectivity index (χ4n) is 3.93. The van der Waals surface area contributed by atoms with Gasteiger partial charge in [0.1, 0.15) is 5.70 Å². The molecule has 156 valence electrons. The summed E-state index contributed by atoms with van der Waals surface area (Å²) in [6.07, 6.45) is 3.68. The zero-order chi connectivity index (χ0) is 21.3. The minimum Gasteiger partial charge on any atom is -0.367 e. The predicted molar refractivity (Wildman–Crippen MR) is 116 cm³/mol. The Kier molecular flexibility index (Phi) is 5.66. The Balaban J connectivity index is 1.87. The van der Waals surface area contributed by atoms with E-state index in [1.165, 1.54) is 12.1 Å². The second-order valence-corrected chi connectivity index (χ2v) is 9.45. The molecule has 2 aliphatic rings. The maximum atomic E-state index is 13.4. The number of likely N-dealkylation sites (tertiary alicyclic amines) is 1. The molecule has 0 aromatic heterocycles. The summed E-state index contributed by atoms with van der Waals surface area (Å²) in [7, 11) is -4.33. The number of sulfonamides is 1. The van der Waals surface area contributed by atoms with Crippen LogP contribution in [0.15, 0.2) is 59.1 Å². The summed E-state index contributed by atoms with van der Waals surface area (Å²) in [5.41, 5.74) is 0.537. The molecule has 1 heterocycles. The van der Waals surface area contributed by atoms with Crippen molar-refractivity contribution >= 4 is 38.9 Å². The summed E-state index contributed by atoms with van der Waals surface area (Å²) >= 11 is 5.97. The Hall–Kier alpha value is -2.64. The Bertz CT molecular complexity index is 1150. The number of carbonyl (C=O) groups is 2. The highest BCUT2D eigenvalue weighted by atomic mass is 35.5. The lowest BCUT2D eigenvalue weighted by Gasteiger charge is -2.30. The molecule has 1 aliphatic heterocycles. The van der Waals surface area contributed by atoms with Crippen LogP contribution in [-0.2, 0) is 10.0 Å². The summed E-state index contributed by atoms with van der Waals surface area (Å²) in [6, 6.07) is 12.6. The molecule has 30 heavy (non-hydrogen) atoms. The van der Waals surface area contributed by atoms with E-state index in [1.807, 2.05) is 0 Å². The largest absolute Gasteiger partial charge is 0.367 e. The van der Waals surface area contributed by atoms with Crippen LogP contribution in [0, 0.1) is 0 Å². The van der Waals surface area contributed by atoms with E-state index in [0.717, 1.165) is 25.7 Å². The molecule has 1 N–H and O–H groups in total. The predicted octanol–water partition coefficient (Wildman–Crippen LogP) is 4.25. The first kappa shape index (κ1) is 20.6. The van der Waals surface area contributed by atoms with E-state index in [2.05, 4.69) is 4.72 Å². The molecule has 1 aliphatic carbocycles. The second-order valence-electron chi connectivity index (χ2n) is 7.40. The third kappa shape index (κ3) is 3.87. The molecular formula is C22H21ClN2O4S. The molecule has 0 bridgehead atoms. The molecule has 0 radical (unpaired) electrons. The Labute approximate surface area is 180 Å². The van der Waals surface area contributed by atoms with Crippen molar-refractivity contribution in [2.24, 2.45) is 0 Å². The van der Waals surface area contributed by atoms with Crippen LogP contribution in [0.5, 0.6) is 0 Å². The number of rotatable bonds is 4. The quantitative estimate of drug-likeness (QED) is 0.762. The number of fused-ring (bicyclic) bond motifs is 1. The molecule has 1 fully saturated rings. The molecule has 4 rings (SSSR count). The molecule has 0 amide bonds. The van der Waals surface area contributed by atoms with Gasteiger partial charge in [0.25, 0.3) is 10.0 Å². The minimum atomic E-state index is -4.33. The number of ketones is 2. The topological polar surface area (TPSA) is 83.6 Å². The zero-order valence-electron chi connectivity index (χ0n) is 16.2. The van der Waals surface area contributed by atoms with Crippen molar-refractivity contribution in [3.8, 4) is 0 Å². The van der Waals surface area contributed by atoms with E-state index >= 15 is 0 Å². The number of carbonyl (C=O) groups excluding carboxylic acids is 2. The van der Waals surface area contributed by atoms with Crippen molar-refractivity contribution in [3.63, 3.8) is 0 Å². The average Bonchev–Trinajstić information content (AvgIpc) is 2.99. The monoisotopic (exact) mass is 444 g/mol. The highest BCUT2D eigenvalue weighted by molar-refractivity contribution is 7.97. The lowest BCUT2D eigenvalue weighted by atomic mass is 9.91. The fourth-order valence-corrected chi connectivity index (χ4v) is 5.49. The Morgan fingerprint density at radius 2 is 1.47 bits per heavy atom. The van der Waals surface area contributed by atoms with E-state index in [-0.39, 0.29) is 22.5 Å². The first-order valence-corrected chi connectivity index (χ1v) is 11.7. The van der Waals surface area contributed by atoms with Crippen molar-refractivity contribution in [2.45, 2.75) is 25.7 Å². The number of allylic oxidation sites excluding steroid dienone is 2. The highest BCUT2D eigenvalue weighted by Crippen LogP contribution is 2.33. The van der Waals surface area contributed by atoms with Crippen molar-refractivity contribution in [1.29, 1.82) is 0 Å². The smallest absolute Gasteiger partial charge is 0.268 e. The van der Waals surface area contributed by atoms with Gasteiger partial charge in [0.05, 0.1) is 5.69 Å². The molecule has 8 heteroatoms. The van der Waals surface area contributed by atoms with Gasteiger partial charge in [-0.25, -0.2) is 8.42 Å². The van der Waals surface area contributed by atoms with Gasteiger partial charge in [-0.15, -0.1) is 0 Å². The van der Waals surface area contributed by atoms with Gasteiger partial charge in [0, 0.05) is 29.2 Å². The van der Waals surface area contributed by atoms with E-state index in [9.17, 15) is 18.0 Å². The second kappa shape index (κ2) is 8.24. The van der Waals surface area contributed by atoms with E-state index in [4.69, 9.17) is 11.6 Å².